The number of halogens is 1. The van der Waals surface area contributed by atoms with Gasteiger partial charge in [0.15, 0.2) is 0 Å². The van der Waals surface area contributed by atoms with E-state index in [2.05, 4.69) is 17.6 Å². The lowest BCUT2D eigenvalue weighted by atomic mass is 10.1. The van der Waals surface area contributed by atoms with Crippen molar-refractivity contribution in [1.82, 2.24) is 5.32 Å². The Kier molecular flexibility index (Phi) is 4.12. The number of nitrogens with one attached hydrogen (secondary N) is 2. The third kappa shape index (κ3) is 3.39. The molecule has 1 amide bonds. The van der Waals surface area contributed by atoms with Crippen LogP contribution in [-0.2, 0) is 0 Å². The first kappa shape index (κ1) is 13.2. The minimum atomic E-state index is -0.0602. The van der Waals surface area contributed by atoms with Crippen LogP contribution in [0.1, 0.15) is 36.5 Å². The third-order valence-corrected chi connectivity index (χ3v) is 3.49. The number of hydrogen-bond acceptors (Lipinski definition) is 2. The van der Waals surface area contributed by atoms with Gasteiger partial charge in [-0.25, -0.2) is 0 Å². The summed E-state index contributed by atoms with van der Waals surface area (Å²) in [6.07, 6.45) is 3.68. The van der Waals surface area contributed by atoms with Crippen LogP contribution in [-0.4, -0.2) is 19.0 Å². The molecule has 1 atom stereocenters. The molecule has 1 aromatic carbocycles. The fraction of sp³-hybridized carbons (Fsp3) is 0.500. The Bertz CT molecular complexity index is 443. The van der Waals surface area contributed by atoms with Crippen molar-refractivity contribution >= 4 is 23.2 Å². The molecule has 0 heterocycles. The quantitative estimate of drug-likeness (QED) is 0.859. The highest BCUT2D eigenvalue weighted by atomic mass is 35.5. The Morgan fingerprint density at radius 1 is 1.50 bits per heavy atom. The van der Waals surface area contributed by atoms with Crippen LogP contribution in [0.2, 0.25) is 5.02 Å². The van der Waals surface area contributed by atoms with Crippen molar-refractivity contribution in [2.24, 2.45) is 5.92 Å². The molecular weight excluding hydrogens is 248 g/mol. The van der Waals surface area contributed by atoms with Gasteiger partial charge in [-0.15, -0.1) is 0 Å². The normalized spacial score (nSPS) is 16.2. The molecule has 0 radical (unpaired) electrons. The molecule has 0 bridgehead atoms. The Hall–Kier alpha value is -1.22. The smallest absolute Gasteiger partial charge is 0.253 e. The molecule has 98 valence electrons. The molecule has 1 fully saturated rings. The van der Waals surface area contributed by atoms with Crippen LogP contribution in [0.4, 0.5) is 5.69 Å². The standard InChI is InChI=1S/C14H19ClN2O/c1-9(7-10-3-4-10)17-14(18)12-8-11(15)5-6-13(12)16-2/h5-6,8-10,16H,3-4,7H2,1-2H3,(H,17,18). The Balaban J connectivity index is 2.04. The first-order valence-corrected chi connectivity index (χ1v) is 6.76. The van der Waals surface area contributed by atoms with Crippen molar-refractivity contribution in [2.75, 3.05) is 12.4 Å². The summed E-state index contributed by atoms with van der Waals surface area (Å²) in [5.41, 5.74) is 1.41. The fourth-order valence-electron chi connectivity index (χ4n) is 2.14. The summed E-state index contributed by atoms with van der Waals surface area (Å²) in [4.78, 5) is 12.2. The number of hydrogen-bond donors (Lipinski definition) is 2. The lowest BCUT2D eigenvalue weighted by Gasteiger charge is -2.15. The highest BCUT2D eigenvalue weighted by Crippen LogP contribution is 2.33. The van der Waals surface area contributed by atoms with Crippen molar-refractivity contribution in [3.8, 4) is 0 Å². The van der Waals surface area contributed by atoms with Crippen LogP contribution in [0.3, 0.4) is 0 Å². The van der Waals surface area contributed by atoms with Gasteiger partial charge in [-0.3, -0.25) is 4.79 Å². The molecule has 1 unspecified atom stereocenters. The summed E-state index contributed by atoms with van der Waals surface area (Å²) in [5, 5.41) is 6.62. The molecule has 1 aliphatic rings. The zero-order chi connectivity index (χ0) is 13.1. The van der Waals surface area contributed by atoms with Gasteiger partial charge in [0, 0.05) is 23.8 Å². The third-order valence-electron chi connectivity index (χ3n) is 3.26. The minimum absolute atomic E-state index is 0.0602. The van der Waals surface area contributed by atoms with E-state index in [0.29, 0.717) is 10.6 Å². The van der Waals surface area contributed by atoms with E-state index in [1.807, 2.05) is 6.07 Å². The molecule has 1 aliphatic carbocycles. The summed E-state index contributed by atoms with van der Waals surface area (Å²) in [7, 11) is 1.80. The predicted molar refractivity (Wildman–Crippen MR) is 75.3 cm³/mol. The molecule has 0 aliphatic heterocycles. The number of anilines is 1. The average Bonchev–Trinajstić information content (AvgIpc) is 3.12. The summed E-state index contributed by atoms with van der Waals surface area (Å²) in [6.45, 7) is 2.06. The van der Waals surface area contributed by atoms with Gasteiger partial charge in [-0.2, -0.15) is 0 Å². The molecule has 4 heteroatoms. The summed E-state index contributed by atoms with van der Waals surface area (Å²) < 4.78 is 0. The van der Waals surface area contributed by atoms with Crippen molar-refractivity contribution in [2.45, 2.75) is 32.2 Å². The van der Waals surface area contributed by atoms with E-state index in [1.54, 1.807) is 19.2 Å². The topological polar surface area (TPSA) is 41.1 Å². The molecule has 2 N–H and O–H groups in total. The van der Waals surface area contributed by atoms with Gasteiger partial charge < -0.3 is 10.6 Å². The lowest BCUT2D eigenvalue weighted by Crippen LogP contribution is -2.33. The molecule has 0 saturated heterocycles. The Morgan fingerprint density at radius 3 is 2.83 bits per heavy atom. The molecule has 0 spiro atoms. The summed E-state index contributed by atoms with van der Waals surface area (Å²) >= 11 is 5.94. The van der Waals surface area contributed by atoms with E-state index in [1.165, 1.54) is 12.8 Å². The molecule has 0 aromatic heterocycles. The molecule has 3 nitrogen and oxygen atoms in total. The maximum atomic E-state index is 12.2. The highest BCUT2D eigenvalue weighted by Gasteiger charge is 2.24. The van der Waals surface area contributed by atoms with Gasteiger partial charge in [0.25, 0.3) is 5.91 Å². The van der Waals surface area contributed by atoms with Crippen LogP contribution < -0.4 is 10.6 Å². The van der Waals surface area contributed by atoms with Gasteiger partial charge in [0.05, 0.1) is 5.56 Å². The van der Waals surface area contributed by atoms with Crippen LogP contribution in [0.15, 0.2) is 18.2 Å². The van der Waals surface area contributed by atoms with Crippen LogP contribution in [0.5, 0.6) is 0 Å². The number of rotatable bonds is 5. The number of carbonyl (C=O) groups excluding carboxylic acids is 1. The van der Waals surface area contributed by atoms with Gasteiger partial charge in [-0.1, -0.05) is 24.4 Å². The van der Waals surface area contributed by atoms with Gasteiger partial charge in [0.2, 0.25) is 0 Å². The lowest BCUT2D eigenvalue weighted by molar-refractivity contribution is 0.0938. The number of amides is 1. The van der Waals surface area contributed by atoms with Crippen LogP contribution in [0.25, 0.3) is 0 Å². The molecule has 1 saturated carbocycles. The second kappa shape index (κ2) is 5.61. The van der Waals surface area contributed by atoms with E-state index in [4.69, 9.17) is 11.6 Å². The highest BCUT2D eigenvalue weighted by molar-refractivity contribution is 6.31. The molecule has 18 heavy (non-hydrogen) atoms. The summed E-state index contributed by atoms with van der Waals surface area (Å²) in [5.74, 6) is 0.749. The van der Waals surface area contributed by atoms with E-state index in [0.717, 1.165) is 18.0 Å². The minimum Gasteiger partial charge on any atom is -0.387 e. The average molecular weight is 267 g/mol. The van der Waals surface area contributed by atoms with Crippen molar-refractivity contribution in [3.63, 3.8) is 0 Å². The monoisotopic (exact) mass is 266 g/mol. The number of benzene rings is 1. The second-order valence-corrected chi connectivity index (χ2v) is 5.43. The zero-order valence-corrected chi connectivity index (χ0v) is 11.6. The first-order chi connectivity index (χ1) is 8.60. The van der Waals surface area contributed by atoms with Gasteiger partial charge in [0.1, 0.15) is 0 Å². The number of carbonyl (C=O) groups is 1. The zero-order valence-electron chi connectivity index (χ0n) is 10.8. The van der Waals surface area contributed by atoms with Crippen molar-refractivity contribution in [3.05, 3.63) is 28.8 Å². The van der Waals surface area contributed by atoms with E-state index < -0.39 is 0 Å². The van der Waals surface area contributed by atoms with E-state index in [9.17, 15) is 4.79 Å². The van der Waals surface area contributed by atoms with Gasteiger partial charge in [-0.05, 0) is 37.5 Å². The SMILES string of the molecule is CNc1ccc(Cl)cc1C(=O)NC(C)CC1CC1. The summed E-state index contributed by atoms with van der Waals surface area (Å²) in [6, 6.07) is 5.52. The first-order valence-electron chi connectivity index (χ1n) is 6.38. The van der Waals surface area contributed by atoms with E-state index >= 15 is 0 Å². The Morgan fingerprint density at radius 2 is 2.22 bits per heavy atom. The van der Waals surface area contributed by atoms with Crippen LogP contribution in [0, 0.1) is 5.92 Å². The van der Waals surface area contributed by atoms with Crippen molar-refractivity contribution in [1.29, 1.82) is 0 Å². The largest absolute Gasteiger partial charge is 0.387 e. The van der Waals surface area contributed by atoms with Crippen LogP contribution >= 0.6 is 11.6 Å². The van der Waals surface area contributed by atoms with Crippen molar-refractivity contribution < 1.29 is 4.79 Å². The molecule has 1 aromatic rings. The predicted octanol–water partition coefficient (Wildman–Crippen LogP) is 3.30. The van der Waals surface area contributed by atoms with E-state index in [-0.39, 0.29) is 11.9 Å². The van der Waals surface area contributed by atoms with Gasteiger partial charge >= 0.3 is 0 Å². The maximum absolute atomic E-state index is 12.2. The molecular formula is C14H19ClN2O. The second-order valence-electron chi connectivity index (χ2n) is 4.99. The molecule has 2 rings (SSSR count). The maximum Gasteiger partial charge on any atom is 0.253 e. The fourth-order valence-corrected chi connectivity index (χ4v) is 2.31. The Labute approximate surface area is 113 Å².